The van der Waals surface area contributed by atoms with Crippen molar-refractivity contribution < 1.29 is 14.3 Å². The van der Waals surface area contributed by atoms with Gasteiger partial charge < -0.3 is 19.4 Å². The monoisotopic (exact) mass is 379 g/mol. The number of nitrogens with one attached hydrogen (secondary N) is 1. The van der Waals surface area contributed by atoms with Crippen LogP contribution in [-0.2, 0) is 4.79 Å². The van der Waals surface area contributed by atoms with Crippen LogP contribution >= 0.6 is 0 Å². The molecule has 6 nitrogen and oxygen atoms in total. The van der Waals surface area contributed by atoms with Crippen molar-refractivity contribution >= 4 is 17.7 Å². The van der Waals surface area contributed by atoms with Crippen molar-refractivity contribution in [1.29, 1.82) is 5.26 Å². The first-order valence-electron chi connectivity index (χ1n) is 9.40. The van der Waals surface area contributed by atoms with E-state index < -0.39 is 5.91 Å². The minimum absolute atomic E-state index is 0.0592. The maximum atomic E-state index is 12.6. The Morgan fingerprint density at radius 3 is 2.68 bits per heavy atom. The number of anilines is 1. The van der Waals surface area contributed by atoms with E-state index in [1.54, 1.807) is 31.4 Å². The lowest BCUT2D eigenvalue weighted by Gasteiger charge is -2.11. The molecule has 1 heterocycles. The van der Waals surface area contributed by atoms with E-state index in [0.29, 0.717) is 29.8 Å². The normalized spacial score (nSPS) is 13.8. The SMILES string of the molecule is CCOc1ccc(NC(=O)/C(C#N)=C/c2cc(C)n(C3CC3)c2C)cc1OC. The summed E-state index contributed by atoms with van der Waals surface area (Å²) in [5.74, 6) is 0.673. The molecular weight excluding hydrogens is 354 g/mol. The Morgan fingerprint density at radius 2 is 2.07 bits per heavy atom. The lowest BCUT2D eigenvalue weighted by Crippen LogP contribution is -2.13. The van der Waals surface area contributed by atoms with Gasteiger partial charge in [-0.25, -0.2) is 0 Å². The topological polar surface area (TPSA) is 76.3 Å². The Bertz CT molecular complexity index is 962. The van der Waals surface area contributed by atoms with Gasteiger partial charge in [0.1, 0.15) is 11.6 Å². The number of methoxy groups -OCH3 is 1. The predicted octanol–water partition coefficient (Wildman–Crippen LogP) is 4.39. The zero-order chi connectivity index (χ0) is 20.3. The van der Waals surface area contributed by atoms with E-state index in [9.17, 15) is 10.1 Å². The lowest BCUT2D eigenvalue weighted by atomic mass is 10.1. The molecule has 0 unspecified atom stereocenters. The van der Waals surface area contributed by atoms with Crippen LogP contribution in [0.2, 0.25) is 0 Å². The van der Waals surface area contributed by atoms with Crippen LogP contribution in [0.4, 0.5) is 5.69 Å². The van der Waals surface area contributed by atoms with E-state index in [4.69, 9.17) is 9.47 Å². The Balaban J connectivity index is 1.82. The Hall–Kier alpha value is -3.20. The molecule has 0 radical (unpaired) electrons. The van der Waals surface area contributed by atoms with Crippen molar-refractivity contribution in [2.24, 2.45) is 0 Å². The number of carbonyl (C=O) groups is 1. The van der Waals surface area contributed by atoms with Gasteiger partial charge in [0.05, 0.1) is 13.7 Å². The summed E-state index contributed by atoms with van der Waals surface area (Å²) in [4.78, 5) is 12.6. The van der Waals surface area contributed by atoms with Gasteiger partial charge in [0, 0.05) is 29.2 Å². The van der Waals surface area contributed by atoms with Crippen molar-refractivity contribution in [3.05, 3.63) is 46.8 Å². The van der Waals surface area contributed by atoms with E-state index in [1.165, 1.54) is 12.8 Å². The van der Waals surface area contributed by atoms with E-state index in [0.717, 1.165) is 17.0 Å². The zero-order valence-corrected chi connectivity index (χ0v) is 16.7. The number of nitrogens with zero attached hydrogens (tertiary/aromatic N) is 2. The average Bonchev–Trinajstić information content (AvgIpc) is 3.46. The van der Waals surface area contributed by atoms with E-state index in [2.05, 4.69) is 16.8 Å². The van der Waals surface area contributed by atoms with Crippen LogP contribution in [0.15, 0.2) is 29.8 Å². The molecule has 1 N–H and O–H groups in total. The molecule has 1 aromatic heterocycles. The molecule has 146 valence electrons. The van der Waals surface area contributed by atoms with Crippen molar-refractivity contribution in [2.45, 2.75) is 39.7 Å². The predicted molar refractivity (Wildman–Crippen MR) is 109 cm³/mol. The third-order valence-corrected chi connectivity index (χ3v) is 4.82. The van der Waals surface area contributed by atoms with Crippen molar-refractivity contribution in [3.63, 3.8) is 0 Å². The van der Waals surface area contributed by atoms with Gasteiger partial charge in [0.25, 0.3) is 5.91 Å². The van der Waals surface area contributed by atoms with Crippen LogP contribution in [0.3, 0.4) is 0 Å². The van der Waals surface area contributed by atoms with Crippen LogP contribution in [0, 0.1) is 25.2 Å². The number of rotatable bonds is 7. The van der Waals surface area contributed by atoms with Gasteiger partial charge in [-0.1, -0.05) is 0 Å². The van der Waals surface area contributed by atoms with Crippen LogP contribution in [-0.4, -0.2) is 24.2 Å². The summed E-state index contributed by atoms with van der Waals surface area (Å²) in [5, 5.41) is 12.3. The molecule has 3 rings (SSSR count). The zero-order valence-electron chi connectivity index (χ0n) is 16.7. The number of benzene rings is 1. The highest BCUT2D eigenvalue weighted by Gasteiger charge is 2.26. The molecule has 1 amide bonds. The Morgan fingerprint density at radius 1 is 1.32 bits per heavy atom. The molecule has 1 aliphatic carbocycles. The summed E-state index contributed by atoms with van der Waals surface area (Å²) in [6.07, 6.45) is 4.03. The number of aromatic nitrogens is 1. The molecule has 1 saturated carbocycles. The van der Waals surface area contributed by atoms with Crippen LogP contribution < -0.4 is 14.8 Å². The lowest BCUT2D eigenvalue weighted by molar-refractivity contribution is -0.112. The van der Waals surface area contributed by atoms with E-state index >= 15 is 0 Å². The van der Waals surface area contributed by atoms with Crippen LogP contribution in [0.1, 0.15) is 42.8 Å². The number of hydrogen-bond donors (Lipinski definition) is 1. The summed E-state index contributed by atoms with van der Waals surface area (Å²) in [5.41, 5.74) is 3.74. The fourth-order valence-electron chi connectivity index (χ4n) is 3.37. The van der Waals surface area contributed by atoms with Crippen LogP contribution in [0.5, 0.6) is 11.5 Å². The summed E-state index contributed by atoms with van der Waals surface area (Å²) >= 11 is 0. The number of ether oxygens (including phenoxy) is 2. The molecule has 1 aromatic carbocycles. The van der Waals surface area contributed by atoms with E-state index in [-0.39, 0.29) is 5.57 Å². The van der Waals surface area contributed by atoms with Gasteiger partial charge in [-0.15, -0.1) is 0 Å². The largest absolute Gasteiger partial charge is 0.493 e. The molecule has 28 heavy (non-hydrogen) atoms. The van der Waals surface area contributed by atoms with Gasteiger partial charge >= 0.3 is 0 Å². The van der Waals surface area contributed by atoms with E-state index in [1.807, 2.05) is 26.0 Å². The molecular formula is C22H25N3O3. The van der Waals surface area contributed by atoms with Crippen LogP contribution in [0.25, 0.3) is 6.08 Å². The summed E-state index contributed by atoms with van der Waals surface area (Å²) in [7, 11) is 1.54. The molecule has 0 aliphatic heterocycles. The van der Waals surface area contributed by atoms with Crippen molar-refractivity contribution in [1.82, 2.24) is 4.57 Å². The number of amides is 1. The first-order valence-corrected chi connectivity index (χ1v) is 9.40. The molecule has 0 spiro atoms. The summed E-state index contributed by atoms with van der Waals surface area (Å²) < 4.78 is 13.1. The Kier molecular flexibility index (Phi) is 5.74. The maximum absolute atomic E-state index is 12.6. The third kappa shape index (κ3) is 4.04. The minimum Gasteiger partial charge on any atom is -0.493 e. The van der Waals surface area contributed by atoms with Gasteiger partial charge in [-0.05, 0) is 63.5 Å². The first-order chi connectivity index (χ1) is 13.5. The molecule has 0 bridgehead atoms. The highest BCUT2D eigenvalue weighted by molar-refractivity contribution is 6.09. The second-order valence-corrected chi connectivity index (χ2v) is 6.85. The quantitative estimate of drug-likeness (QED) is 0.572. The minimum atomic E-state index is -0.454. The van der Waals surface area contributed by atoms with Gasteiger partial charge in [0.2, 0.25) is 0 Å². The fourth-order valence-corrected chi connectivity index (χ4v) is 3.37. The average molecular weight is 379 g/mol. The standard InChI is InChI=1S/C22H25N3O3/c1-5-28-20-9-6-18(12-21(20)27-4)24-22(26)17(13-23)11-16-10-14(2)25(15(16)3)19-7-8-19/h6,9-12,19H,5,7-8H2,1-4H3,(H,24,26)/b17-11+. The van der Waals surface area contributed by atoms with Gasteiger partial charge in [0.15, 0.2) is 11.5 Å². The molecule has 0 atom stereocenters. The fraction of sp³-hybridized carbons (Fsp3) is 0.364. The summed E-state index contributed by atoms with van der Waals surface area (Å²) in [6, 6.07) is 9.73. The van der Waals surface area contributed by atoms with Gasteiger partial charge in [-0.2, -0.15) is 5.26 Å². The number of hydrogen-bond acceptors (Lipinski definition) is 4. The number of nitriles is 1. The highest BCUT2D eigenvalue weighted by atomic mass is 16.5. The van der Waals surface area contributed by atoms with Crippen molar-refractivity contribution in [2.75, 3.05) is 19.0 Å². The second kappa shape index (κ2) is 8.22. The maximum Gasteiger partial charge on any atom is 0.266 e. The number of aryl methyl sites for hydroxylation is 1. The molecule has 1 aliphatic rings. The number of carbonyl (C=O) groups excluding carboxylic acids is 1. The highest BCUT2D eigenvalue weighted by Crippen LogP contribution is 2.38. The molecule has 6 heteroatoms. The molecule has 0 saturated heterocycles. The smallest absolute Gasteiger partial charge is 0.266 e. The van der Waals surface area contributed by atoms with Crippen molar-refractivity contribution in [3.8, 4) is 17.6 Å². The summed E-state index contributed by atoms with van der Waals surface area (Å²) in [6.45, 7) is 6.49. The van der Waals surface area contributed by atoms with Gasteiger partial charge in [-0.3, -0.25) is 4.79 Å². The molecule has 2 aromatic rings. The molecule has 1 fully saturated rings. The third-order valence-electron chi connectivity index (χ3n) is 4.82. The Labute approximate surface area is 165 Å². The second-order valence-electron chi connectivity index (χ2n) is 6.85. The first kappa shape index (κ1) is 19.6.